The number of carbonyl (C=O) groups excluding carboxylic acids is 2. The molecule has 0 aliphatic carbocycles. The van der Waals surface area contributed by atoms with Crippen LogP contribution < -0.4 is 5.73 Å². The fourth-order valence-corrected chi connectivity index (χ4v) is 3.99. The number of rotatable bonds is 3. The molecule has 132 valence electrons. The first-order valence-electron chi connectivity index (χ1n) is 8.81. The molecular weight excluding hydrogens is 306 g/mol. The number of aryl methyl sites for hydroxylation is 2. The Morgan fingerprint density at radius 1 is 1.25 bits per heavy atom. The van der Waals surface area contributed by atoms with Crippen LogP contribution in [0.4, 0.5) is 4.79 Å². The third kappa shape index (κ3) is 3.39. The molecule has 0 aromatic carbocycles. The van der Waals surface area contributed by atoms with Crippen LogP contribution in [0.15, 0.2) is 6.07 Å². The summed E-state index contributed by atoms with van der Waals surface area (Å²) < 4.78 is 2.00. The summed E-state index contributed by atoms with van der Waals surface area (Å²) in [5.41, 5.74) is 7.52. The number of piperidine rings is 1. The Balaban J connectivity index is 1.67. The number of hydrogen-bond donors (Lipinski definition) is 1. The van der Waals surface area contributed by atoms with Gasteiger partial charge in [-0.15, -0.1) is 0 Å². The number of likely N-dealkylation sites (tertiary alicyclic amines) is 2. The number of primary amides is 1. The van der Waals surface area contributed by atoms with E-state index in [4.69, 9.17) is 5.73 Å². The molecule has 7 nitrogen and oxygen atoms in total. The summed E-state index contributed by atoms with van der Waals surface area (Å²) in [5, 5.41) is 4.52. The minimum Gasteiger partial charge on any atom is -0.351 e. The molecule has 3 amide bonds. The smallest absolute Gasteiger partial charge is 0.314 e. The highest BCUT2D eigenvalue weighted by molar-refractivity contribution is 5.81. The van der Waals surface area contributed by atoms with Crippen molar-refractivity contribution in [3.8, 4) is 0 Å². The fourth-order valence-electron chi connectivity index (χ4n) is 3.99. The Hall–Kier alpha value is -2.05. The van der Waals surface area contributed by atoms with Gasteiger partial charge in [-0.25, -0.2) is 4.79 Å². The lowest BCUT2D eigenvalue weighted by atomic mass is 9.96. The second kappa shape index (κ2) is 6.83. The number of urea groups is 1. The zero-order valence-corrected chi connectivity index (χ0v) is 14.6. The molecule has 1 aromatic heterocycles. The average Bonchev–Trinajstić information content (AvgIpc) is 3.13. The zero-order chi connectivity index (χ0) is 17.3. The summed E-state index contributed by atoms with van der Waals surface area (Å²) >= 11 is 0. The Labute approximate surface area is 142 Å². The molecule has 2 fully saturated rings. The van der Waals surface area contributed by atoms with E-state index in [9.17, 15) is 9.59 Å². The van der Waals surface area contributed by atoms with E-state index in [0.29, 0.717) is 13.1 Å². The number of nitrogens with zero attached hydrogens (tertiary/aromatic N) is 4. The lowest BCUT2D eigenvalue weighted by Gasteiger charge is -2.35. The van der Waals surface area contributed by atoms with Gasteiger partial charge >= 0.3 is 6.03 Å². The van der Waals surface area contributed by atoms with Gasteiger partial charge in [-0.1, -0.05) is 0 Å². The van der Waals surface area contributed by atoms with Gasteiger partial charge in [-0.2, -0.15) is 5.10 Å². The number of nitrogens with two attached hydrogens (primary N) is 1. The van der Waals surface area contributed by atoms with Gasteiger partial charge in [0, 0.05) is 25.3 Å². The monoisotopic (exact) mass is 333 g/mol. The van der Waals surface area contributed by atoms with Gasteiger partial charge in [0.15, 0.2) is 0 Å². The van der Waals surface area contributed by atoms with E-state index in [-0.39, 0.29) is 17.9 Å². The van der Waals surface area contributed by atoms with Crippen LogP contribution in [0.5, 0.6) is 0 Å². The molecule has 3 rings (SSSR count). The van der Waals surface area contributed by atoms with Gasteiger partial charge in [0.05, 0.1) is 24.2 Å². The molecule has 2 atom stereocenters. The quantitative estimate of drug-likeness (QED) is 0.904. The van der Waals surface area contributed by atoms with Crippen LogP contribution in [0.3, 0.4) is 0 Å². The van der Waals surface area contributed by atoms with Gasteiger partial charge in [-0.3, -0.25) is 9.48 Å². The normalized spacial score (nSPS) is 24.4. The molecule has 2 saturated heterocycles. The van der Waals surface area contributed by atoms with E-state index in [1.165, 1.54) is 0 Å². The highest BCUT2D eigenvalue weighted by atomic mass is 16.2. The Kier molecular flexibility index (Phi) is 4.78. The molecule has 2 aliphatic heterocycles. The number of amides is 3. The van der Waals surface area contributed by atoms with Crippen molar-refractivity contribution >= 4 is 11.9 Å². The summed E-state index contributed by atoms with van der Waals surface area (Å²) in [4.78, 5) is 28.0. The summed E-state index contributed by atoms with van der Waals surface area (Å²) in [6.45, 7) is 6.70. The largest absolute Gasteiger partial charge is 0.351 e. The molecule has 0 saturated carbocycles. The summed E-state index contributed by atoms with van der Waals surface area (Å²) in [6, 6.07) is 1.83. The molecule has 7 heteroatoms. The minimum atomic E-state index is -0.423. The maximum absolute atomic E-state index is 13.0. The minimum absolute atomic E-state index is 0.118. The van der Waals surface area contributed by atoms with Crippen molar-refractivity contribution in [2.45, 2.75) is 52.1 Å². The molecule has 1 aromatic rings. The molecule has 2 N–H and O–H groups in total. The lowest BCUT2D eigenvalue weighted by molar-refractivity contribution is -0.138. The van der Waals surface area contributed by atoms with Crippen LogP contribution in [0.2, 0.25) is 0 Å². The first-order chi connectivity index (χ1) is 11.5. The van der Waals surface area contributed by atoms with E-state index < -0.39 is 6.03 Å². The summed E-state index contributed by atoms with van der Waals surface area (Å²) in [6.07, 6.45) is 3.72. The van der Waals surface area contributed by atoms with Crippen molar-refractivity contribution in [2.75, 3.05) is 19.6 Å². The van der Waals surface area contributed by atoms with E-state index >= 15 is 0 Å². The van der Waals surface area contributed by atoms with Crippen molar-refractivity contribution in [3.05, 3.63) is 17.5 Å². The third-order valence-corrected chi connectivity index (χ3v) is 5.23. The van der Waals surface area contributed by atoms with E-state index in [1.54, 1.807) is 4.90 Å². The third-order valence-electron chi connectivity index (χ3n) is 5.23. The molecule has 2 aliphatic rings. The van der Waals surface area contributed by atoms with E-state index in [2.05, 4.69) is 11.2 Å². The van der Waals surface area contributed by atoms with Gasteiger partial charge in [0.25, 0.3) is 0 Å². The summed E-state index contributed by atoms with van der Waals surface area (Å²) in [7, 11) is 0. The van der Waals surface area contributed by atoms with Crippen LogP contribution in [-0.2, 0) is 11.3 Å². The summed E-state index contributed by atoms with van der Waals surface area (Å²) in [5.74, 6) is 0.0530. The van der Waals surface area contributed by atoms with Crippen LogP contribution in [0, 0.1) is 19.8 Å². The number of aromatic nitrogens is 2. The maximum atomic E-state index is 13.0. The molecule has 3 heterocycles. The lowest BCUT2D eigenvalue weighted by Crippen LogP contribution is -2.49. The fraction of sp³-hybridized carbons (Fsp3) is 0.706. The van der Waals surface area contributed by atoms with Crippen molar-refractivity contribution in [1.29, 1.82) is 0 Å². The second-order valence-corrected chi connectivity index (χ2v) is 7.06. The standard InChI is InChI=1S/C17H27N5O2/c1-12-9-13(2)22(19-12)11-15-6-4-8-21(15)16(23)14-5-3-7-20(10-14)17(18)24/h9,14-15H,3-8,10-11H2,1-2H3,(H2,18,24)/t14-,15-/m0/s1. The van der Waals surface area contributed by atoms with Gasteiger partial charge in [0.2, 0.25) is 5.91 Å². The first-order valence-corrected chi connectivity index (χ1v) is 8.81. The van der Waals surface area contributed by atoms with Gasteiger partial charge in [0.1, 0.15) is 0 Å². The Morgan fingerprint density at radius 2 is 2.00 bits per heavy atom. The van der Waals surface area contributed by atoms with Crippen molar-refractivity contribution in [1.82, 2.24) is 19.6 Å². The van der Waals surface area contributed by atoms with Crippen LogP contribution >= 0.6 is 0 Å². The van der Waals surface area contributed by atoms with E-state index in [1.807, 2.05) is 23.4 Å². The Morgan fingerprint density at radius 3 is 2.67 bits per heavy atom. The number of hydrogen-bond acceptors (Lipinski definition) is 3. The average molecular weight is 333 g/mol. The molecule has 0 radical (unpaired) electrons. The number of carbonyl (C=O) groups is 2. The van der Waals surface area contributed by atoms with Crippen molar-refractivity contribution in [3.63, 3.8) is 0 Å². The SMILES string of the molecule is Cc1cc(C)n(C[C@@H]2CCCN2C(=O)[C@H]2CCCN(C(N)=O)C2)n1. The predicted molar refractivity (Wildman–Crippen MR) is 90.3 cm³/mol. The van der Waals surface area contributed by atoms with Crippen molar-refractivity contribution in [2.24, 2.45) is 11.7 Å². The van der Waals surface area contributed by atoms with Crippen LogP contribution in [-0.4, -0.2) is 57.2 Å². The molecule has 0 unspecified atom stereocenters. The van der Waals surface area contributed by atoms with Crippen LogP contribution in [0.1, 0.15) is 37.1 Å². The van der Waals surface area contributed by atoms with Gasteiger partial charge in [-0.05, 0) is 45.6 Å². The molecule has 0 bridgehead atoms. The Bertz CT molecular complexity index is 626. The highest BCUT2D eigenvalue weighted by Gasteiger charge is 2.36. The second-order valence-electron chi connectivity index (χ2n) is 7.06. The molecule has 0 spiro atoms. The van der Waals surface area contributed by atoms with Crippen LogP contribution in [0.25, 0.3) is 0 Å². The molecule has 24 heavy (non-hydrogen) atoms. The zero-order valence-electron chi connectivity index (χ0n) is 14.6. The van der Waals surface area contributed by atoms with Crippen molar-refractivity contribution < 1.29 is 9.59 Å². The predicted octanol–water partition coefficient (Wildman–Crippen LogP) is 1.28. The maximum Gasteiger partial charge on any atom is 0.314 e. The van der Waals surface area contributed by atoms with E-state index in [0.717, 1.165) is 50.2 Å². The molecular formula is C17H27N5O2. The first kappa shape index (κ1) is 16.8. The van der Waals surface area contributed by atoms with Gasteiger partial charge < -0.3 is 15.5 Å². The topological polar surface area (TPSA) is 84.5 Å². The highest BCUT2D eigenvalue weighted by Crippen LogP contribution is 2.25.